The van der Waals surface area contributed by atoms with Crippen molar-refractivity contribution < 1.29 is 19.1 Å². The third-order valence-electron chi connectivity index (χ3n) is 6.81. The van der Waals surface area contributed by atoms with Crippen molar-refractivity contribution in [2.75, 3.05) is 44.8 Å². The van der Waals surface area contributed by atoms with Crippen molar-refractivity contribution in [1.82, 2.24) is 15.1 Å². The van der Waals surface area contributed by atoms with Gasteiger partial charge in [0.05, 0.1) is 17.8 Å². The zero-order valence-corrected chi connectivity index (χ0v) is 19.4. The average Bonchev–Trinajstić information content (AvgIpc) is 3.52. The number of amides is 2. The highest BCUT2D eigenvalue weighted by Crippen LogP contribution is 2.32. The number of fused-ring (bicyclic) bond motifs is 1. The number of anilines is 1. The average molecular weight is 465 g/mol. The van der Waals surface area contributed by atoms with E-state index in [0.29, 0.717) is 17.8 Å². The second kappa shape index (κ2) is 10.4. The predicted octanol–water partition coefficient (Wildman–Crippen LogP) is 2.84. The Balaban J connectivity index is 1.10. The molecule has 5 rings (SSSR count). The second-order valence-corrected chi connectivity index (χ2v) is 9.29. The number of carbonyl (C=O) groups excluding carboxylic acids is 2. The zero-order chi connectivity index (χ0) is 23.3. The van der Waals surface area contributed by atoms with Gasteiger partial charge in [-0.2, -0.15) is 0 Å². The number of nitrogens with one attached hydrogen (secondary N) is 2. The number of ether oxygens (including phenoxy) is 2. The maximum absolute atomic E-state index is 12.8. The molecular weight excluding hydrogens is 432 g/mol. The zero-order valence-electron chi connectivity index (χ0n) is 19.4. The van der Waals surface area contributed by atoms with E-state index in [9.17, 15) is 9.59 Å². The van der Waals surface area contributed by atoms with Gasteiger partial charge in [-0.15, -0.1) is 0 Å². The third kappa shape index (κ3) is 5.51. The minimum absolute atomic E-state index is 0.0923. The highest BCUT2D eigenvalue weighted by Gasteiger charge is 2.23. The second-order valence-electron chi connectivity index (χ2n) is 9.29. The Morgan fingerprint density at radius 2 is 1.65 bits per heavy atom. The Kier molecular flexibility index (Phi) is 6.97. The van der Waals surface area contributed by atoms with Crippen molar-refractivity contribution in [2.45, 2.75) is 38.3 Å². The summed E-state index contributed by atoms with van der Waals surface area (Å²) >= 11 is 0. The van der Waals surface area contributed by atoms with Crippen LogP contribution in [0, 0.1) is 0 Å². The molecule has 2 amide bonds. The smallest absolute Gasteiger partial charge is 0.253 e. The lowest BCUT2D eigenvalue weighted by Gasteiger charge is -2.34. The van der Waals surface area contributed by atoms with Crippen molar-refractivity contribution in [1.29, 1.82) is 0 Å². The van der Waals surface area contributed by atoms with Crippen LogP contribution in [0.25, 0.3) is 0 Å². The van der Waals surface area contributed by atoms with Crippen molar-refractivity contribution >= 4 is 17.5 Å². The van der Waals surface area contributed by atoms with E-state index in [0.717, 1.165) is 69.9 Å². The Bertz CT molecular complexity index is 1030. The van der Waals surface area contributed by atoms with Gasteiger partial charge in [0.1, 0.15) is 0 Å². The molecule has 2 fully saturated rings. The van der Waals surface area contributed by atoms with E-state index in [1.165, 1.54) is 5.56 Å². The van der Waals surface area contributed by atoms with Crippen molar-refractivity contribution in [3.05, 3.63) is 53.6 Å². The van der Waals surface area contributed by atoms with Crippen molar-refractivity contribution in [3.63, 3.8) is 0 Å². The Morgan fingerprint density at radius 1 is 0.912 bits per heavy atom. The SMILES string of the molecule is O=C(CN1CCN(Cc2ccc3c(c2)OCO3)CC1)Nc1ccccc1C(=O)NC1CCCC1. The summed E-state index contributed by atoms with van der Waals surface area (Å²) < 4.78 is 10.9. The van der Waals surface area contributed by atoms with Crippen LogP contribution in [0.1, 0.15) is 41.6 Å². The Morgan fingerprint density at radius 3 is 2.47 bits per heavy atom. The molecule has 2 aromatic carbocycles. The Labute approximate surface area is 200 Å². The molecule has 180 valence electrons. The van der Waals surface area contributed by atoms with Crippen LogP contribution in [-0.2, 0) is 11.3 Å². The first kappa shape index (κ1) is 22.7. The number of nitrogens with zero attached hydrogens (tertiary/aromatic N) is 2. The van der Waals surface area contributed by atoms with Gasteiger partial charge in [-0.05, 0) is 42.7 Å². The number of benzene rings is 2. The minimum atomic E-state index is -0.111. The number of piperazine rings is 1. The van der Waals surface area contributed by atoms with Gasteiger partial charge >= 0.3 is 0 Å². The first-order valence-electron chi connectivity index (χ1n) is 12.2. The van der Waals surface area contributed by atoms with Gasteiger partial charge in [0.25, 0.3) is 5.91 Å². The van der Waals surface area contributed by atoms with Gasteiger partial charge < -0.3 is 20.1 Å². The number of para-hydroxylation sites is 1. The highest BCUT2D eigenvalue weighted by atomic mass is 16.7. The lowest BCUT2D eigenvalue weighted by molar-refractivity contribution is -0.117. The molecule has 8 heteroatoms. The fourth-order valence-electron chi connectivity index (χ4n) is 4.92. The van der Waals surface area contributed by atoms with Crippen LogP contribution in [-0.4, -0.2) is 67.2 Å². The molecule has 0 atom stereocenters. The van der Waals surface area contributed by atoms with E-state index in [1.54, 1.807) is 12.1 Å². The maximum Gasteiger partial charge on any atom is 0.253 e. The third-order valence-corrected chi connectivity index (χ3v) is 6.81. The quantitative estimate of drug-likeness (QED) is 0.656. The van der Waals surface area contributed by atoms with E-state index < -0.39 is 0 Å². The summed E-state index contributed by atoms with van der Waals surface area (Å²) in [4.78, 5) is 30.0. The molecule has 0 unspecified atom stereocenters. The lowest BCUT2D eigenvalue weighted by Crippen LogP contribution is -2.48. The van der Waals surface area contributed by atoms with Gasteiger partial charge in [-0.25, -0.2) is 0 Å². The fourth-order valence-corrected chi connectivity index (χ4v) is 4.92. The van der Waals surface area contributed by atoms with Gasteiger partial charge in [0, 0.05) is 38.8 Å². The number of rotatable bonds is 7. The molecule has 0 aromatic heterocycles. The van der Waals surface area contributed by atoms with Crippen LogP contribution in [0.3, 0.4) is 0 Å². The molecule has 0 spiro atoms. The maximum atomic E-state index is 12.8. The number of hydrogen-bond donors (Lipinski definition) is 2. The molecule has 2 aliphatic heterocycles. The summed E-state index contributed by atoms with van der Waals surface area (Å²) in [6.07, 6.45) is 4.38. The van der Waals surface area contributed by atoms with Crippen molar-refractivity contribution in [2.24, 2.45) is 0 Å². The summed E-state index contributed by atoms with van der Waals surface area (Å²) in [6.45, 7) is 4.87. The summed E-state index contributed by atoms with van der Waals surface area (Å²) in [7, 11) is 0. The van der Waals surface area contributed by atoms with Crippen LogP contribution in [0.15, 0.2) is 42.5 Å². The standard InChI is InChI=1S/C26H32N4O4/c31-25(28-22-8-4-3-7-21(22)26(32)27-20-5-1-2-6-20)17-30-13-11-29(12-14-30)16-19-9-10-23-24(15-19)34-18-33-23/h3-4,7-10,15,20H,1-2,5-6,11-14,16-18H2,(H,27,32)(H,28,31). The largest absolute Gasteiger partial charge is 0.454 e. The summed E-state index contributed by atoms with van der Waals surface area (Å²) in [5.74, 6) is 1.41. The first-order chi connectivity index (χ1) is 16.6. The molecule has 1 aliphatic carbocycles. The molecule has 8 nitrogen and oxygen atoms in total. The molecule has 0 radical (unpaired) electrons. The molecule has 1 saturated heterocycles. The normalized spacial score (nSPS) is 18.7. The van der Waals surface area contributed by atoms with Gasteiger partial charge in [-0.3, -0.25) is 19.4 Å². The van der Waals surface area contributed by atoms with E-state index in [-0.39, 0.29) is 24.6 Å². The summed E-state index contributed by atoms with van der Waals surface area (Å²) in [5.41, 5.74) is 2.30. The van der Waals surface area contributed by atoms with E-state index in [4.69, 9.17) is 9.47 Å². The number of hydrogen-bond acceptors (Lipinski definition) is 6. The van der Waals surface area contributed by atoms with Gasteiger partial charge in [-0.1, -0.05) is 31.0 Å². The van der Waals surface area contributed by atoms with Crippen LogP contribution in [0.5, 0.6) is 11.5 Å². The fraction of sp³-hybridized carbons (Fsp3) is 0.462. The van der Waals surface area contributed by atoms with Gasteiger partial charge in [0.15, 0.2) is 11.5 Å². The number of carbonyl (C=O) groups is 2. The summed E-state index contributed by atoms with van der Waals surface area (Å²) in [6, 6.07) is 13.6. The topological polar surface area (TPSA) is 83.1 Å². The predicted molar refractivity (Wildman–Crippen MR) is 129 cm³/mol. The highest BCUT2D eigenvalue weighted by molar-refractivity contribution is 6.04. The molecule has 2 N–H and O–H groups in total. The molecule has 1 saturated carbocycles. The molecular formula is C26H32N4O4. The molecule has 0 bridgehead atoms. The molecule has 3 aliphatic rings. The minimum Gasteiger partial charge on any atom is -0.454 e. The lowest BCUT2D eigenvalue weighted by atomic mass is 10.1. The van der Waals surface area contributed by atoms with Crippen LogP contribution >= 0.6 is 0 Å². The molecule has 2 heterocycles. The monoisotopic (exact) mass is 464 g/mol. The van der Waals surface area contributed by atoms with Crippen molar-refractivity contribution in [3.8, 4) is 11.5 Å². The van der Waals surface area contributed by atoms with Crippen LogP contribution in [0.4, 0.5) is 5.69 Å². The van der Waals surface area contributed by atoms with Crippen LogP contribution in [0.2, 0.25) is 0 Å². The molecule has 34 heavy (non-hydrogen) atoms. The van der Waals surface area contributed by atoms with Gasteiger partial charge in [0.2, 0.25) is 12.7 Å². The van der Waals surface area contributed by atoms with E-state index in [1.807, 2.05) is 24.3 Å². The first-order valence-corrected chi connectivity index (χ1v) is 12.2. The molecule has 2 aromatic rings. The Hall–Kier alpha value is -3.10. The van der Waals surface area contributed by atoms with E-state index in [2.05, 4.69) is 26.5 Å². The van der Waals surface area contributed by atoms with Crippen LogP contribution < -0.4 is 20.1 Å². The summed E-state index contributed by atoms with van der Waals surface area (Å²) in [5, 5.41) is 6.07. The van der Waals surface area contributed by atoms with E-state index >= 15 is 0 Å².